The molecule has 0 bridgehead atoms. The standard InChI is InChI=1S/C17H12N3.5C2H5.2Al/c1-11-9-10-12-5-4-6-13(16(12)18-11)17-19-14-7-2-3-8-15(14)20-17;5*1-2;;/h2-10H,1H3;5*1H2,2H3;;/q6*-1;2*+3. The average Bonchev–Trinajstić information content (AvgIpc) is 3.29. The van der Waals surface area contributed by atoms with Crippen molar-refractivity contribution in [3.63, 3.8) is 0 Å². The van der Waals surface area contributed by atoms with Crippen LogP contribution < -0.4 is 4.98 Å². The monoisotopic (exact) mass is 457 g/mol. The van der Waals surface area contributed by atoms with Crippen molar-refractivity contribution < 1.29 is 0 Å². The van der Waals surface area contributed by atoms with Crippen LogP contribution in [-0.4, -0.2) is 44.7 Å². The van der Waals surface area contributed by atoms with Crippen LogP contribution in [0.15, 0.2) is 54.6 Å². The Labute approximate surface area is 218 Å². The summed E-state index contributed by atoms with van der Waals surface area (Å²) in [6.07, 6.45) is 0. The Morgan fingerprint density at radius 3 is 1.75 bits per heavy atom. The van der Waals surface area contributed by atoms with Crippen molar-refractivity contribution in [2.24, 2.45) is 0 Å². The van der Waals surface area contributed by atoms with Crippen molar-refractivity contribution in [2.75, 3.05) is 0 Å². The van der Waals surface area contributed by atoms with Crippen LogP contribution in [0.25, 0.3) is 33.3 Å². The van der Waals surface area contributed by atoms with Gasteiger partial charge in [0, 0.05) is 11.1 Å². The van der Waals surface area contributed by atoms with Crippen molar-refractivity contribution in [1.29, 1.82) is 0 Å². The largest absolute Gasteiger partial charge is 3.00 e. The van der Waals surface area contributed by atoms with Crippen LogP contribution in [0.4, 0.5) is 0 Å². The molecule has 4 aromatic rings. The molecule has 3 nitrogen and oxygen atoms in total. The number of aryl methyl sites for hydroxylation is 1. The molecular formula is C27H37Al2N3. The maximum absolute atomic E-state index is 4.64. The molecule has 2 aromatic heterocycles. The number of para-hydroxylation sites is 3. The number of rotatable bonds is 1. The number of imidazole rings is 1. The minimum Gasteiger partial charge on any atom is -0.435 e. The molecule has 0 unspecified atom stereocenters. The van der Waals surface area contributed by atoms with E-state index in [1.54, 1.807) is 34.6 Å². The topological polar surface area (TPSA) is 39.9 Å². The second kappa shape index (κ2) is 24.0. The van der Waals surface area contributed by atoms with Gasteiger partial charge in [0.2, 0.25) is 0 Å². The molecule has 0 radical (unpaired) electrons. The van der Waals surface area contributed by atoms with Crippen molar-refractivity contribution in [2.45, 2.75) is 41.5 Å². The van der Waals surface area contributed by atoms with Crippen LogP contribution in [0.1, 0.15) is 40.3 Å². The number of hydrogen-bond acceptors (Lipinski definition) is 2. The van der Waals surface area contributed by atoms with Gasteiger partial charge in [0.05, 0.1) is 5.52 Å². The Balaban J connectivity index is -0.000000292. The molecule has 0 fully saturated rings. The molecule has 2 heterocycles. The number of aromatic nitrogens is 3. The quantitative estimate of drug-likeness (QED) is 0.225. The zero-order valence-corrected chi connectivity index (χ0v) is 23.0. The second-order valence-corrected chi connectivity index (χ2v) is 4.87. The summed E-state index contributed by atoms with van der Waals surface area (Å²) in [5.41, 5.74) is 4.80. The molecule has 5 heteroatoms. The Hall–Kier alpha value is -1.62. The van der Waals surface area contributed by atoms with Crippen molar-refractivity contribution in [3.8, 4) is 11.4 Å². The predicted octanol–water partition coefficient (Wildman–Crippen LogP) is 7.16. The minimum atomic E-state index is 0. The number of fused-ring (bicyclic) bond motifs is 2. The smallest absolute Gasteiger partial charge is 0.435 e. The van der Waals surface area contributed by atoms with E-state index in [1.807, 2.05) is 49.4 Å². The van der Waals surface area contributed by atoms with Crippen LogP contribution in [0.2, 0.25) is 0 Å². The Bertz CT molecular complexity index is 901. The van der Waals surface area contributed by atoms with Gasteiger partial charge < -0.3 is 44.6 Å². The third-order valence-electron chi connectivity index (χ3n) is 3.43. The zero-order chi connectivity index (χ0) is 23.5. The van der Waals surface area contributed by atoms with Crippen molar-refractivity contribution in [3.05, 3.63) is 94.9 Å². The first-order valence-electron chi connectivity index (χ1n) is 10.1. The summed E-state index contributed by atoms with van der Waals surface area (Å²) in [4.78, 5) is 13.9. The van der Waals surface area contributed by atoms with E-state index in [1.165, 1.54) is 0 Å². The summed E-state index contributed by atoms with van der Waals surface area (Å²) in [7, 11) is 0. The summed E-state index contributed by atoms with van der Waals surface area (Å²) < 4.78 is 0. The molecule has 32 heavy (non-hydrogen) atoms. The van der Waals surface area contributed by atoms with Gasteiger partial charge in [0.1, 0.15) is 0 Å². The summed E-state index contributed by atoms with van der Waals surface area (Å²) in [6, 6.07) is 18.1. The fourth-order valence-electron chi connectivity index (χ4n) is 2.45. The minimum absolute atomic E-state index is 0. The van der Waals surface area contributed by atoms with E-state index in [2.05, 4.69) is 61.7 Å². The van der Waals surface area contributed by atoms with Crippen LogP contribution in [0.3, 0.4) is 0 Å². The third-order valence-corrected chi connectivity index (χ3v) is 3.43. The van der Waals surface area contributed by atoms with E-state index in [-0.39, 0.29) is 34.7 Å². The van der Waals surface area contributed by atoms with Gasteiger partial charge in [-0.1, -0.05) is 48.5 Å². The molecule has 166 valence electrons. The number of hydrogen-bond donors (Lipinski definition) is 0. The summed E-state index contributed by atoms with van der Waals surface area (Å²) in [5.74, 6) is 0.745. The van der Waals surface area contributed by atoms with E-state index in [9.17, 15) is 0 Å². The van der Waals surface area contributed by atoms with Gasteiger partial charge in [-0.3, -0.25) is 4.98 Å². The summed E-state index contributed by atoms with van der Waals surface area (Å²) in [5, 5.41) is 1.11. The van der Waals surface area contributed by atoms with E-state index >= 15 is 0 Å². The van der Waals surface area contributed by atoms with Crippen LogP contribution in [0.5, 0.6) is 0 Å². The number of nitrogens with zero attached hydrogens (tertiary/aromatic N) is 3. The molecule has 0 aliphatic rings. The van der Waals surface area contributed by atoms with E-state index in [4.69, 9.17) is 0 Å². The van der Waals surface area contributed by atoms with Gasteiger partial charge in [-0.2, -0.15) is 34.6 Å². The molecule has 0 aliphatic carbocycles. The number of pyridine rings is 1. The molecular weight excluding hydrogens is 420 g/mol. The van der Waals surface area contributed by atoms with Gasteiger partial charge in [-0.05, 0) is 35.4 Å². The van der Waals surface area contributed by atoms with Gasteiger partial charge >= 0.3 is 34.7 Å². The zero-order valence-electron chi connectivity index (χ0n) is 20.7. The fraction of sp³-hybridized carbons (Fsp3) is 0.222. The van der Waals surface area contributed by atoms with Crippen molar-refractivity contribution >= 4 is 56.7 Å². The van der Waals surface area contributed by atoms with E-state index < -0.39 is 0 Å². The molecule has 0 saturated heterocycles. The first kappa shape index (κ1) is 37.7. The van der Waals surface area contributed by atoms with E-state index in [0.717, 1.165) is 39.0 Å². The van der Waals surface area contributed by atoms with Gasteiger partial charge in [0.15, 0.2) is 0 Å². The maximum atomic E-state index is 4.64. The van der Waals surface area contributed by atoms with Crippen molar-refractivity contribution in [1.82, 2.24) is 15.0 Å². The maximum Gasteiger partial charge on any atom is 3.00 e. The third kappa shape index (κ3) is 10.8. The first-order valence-corrected chi connectivity index (χ1v) is 10.1. The summed E-state index contributed by atoms with van der Waals surface area (Å²) >= 11 is 0. The molecule has 4 rings (SSSR count). The molecule has 0 N–H and O–H groups in total. The molecule has 0 spiro atoms. The van der Waals surface area contributed by atoms with Crippen LogP contribution in [0, 0.1) is 41.5 Å². The van der Waals surface area contributed by atoms with Crippen LogP contribution >= 0.6 is 0 Å². The Morgan fingerprint density at radius 2 is 1.19 bits per heavy atom. The molecule has 2 aromatic carbocycles. The molecule has 0 amide bonds. The molecule has 0 atom stereocenters. The number of benzene rings is 2. The summed E-state index contributed by atoms with van der Waals surface area (Å²) in [6.45, 7) is 27.0. The molecule has 0 aliphatic heterocycles. The predicted molar refractivity (Wildman–Crippen MR) is 147 cm³/mol. The normalized spacial score (nSPS) is 7.97. The van der Waals surface area contributed by atoms with E-state index in [0.29, 0.717) is 0 Å². The van der Waals surface area contributed by atoms with Gasteiger partial charge in [-0.15, -0.1) is 0 Å². The molecule has 0 saturated carbocycles. The van der Waals surface area contributed by atoms with Crippen LogP contribution in [-0.2, 0) is 0 Å². The average molecular weight is 458 g/mol. The SMILES string of the molecule is Cc1ccc2cccc(-c3nc4ccccc4[n-]3)c2n1.[Al+3].[Al+3].[CH2-]C.[CH2-]C.[CH2-]C.[CH2-]C.[CH2-]C. The fourth-order valence-corrected chi connectivity index (χ4v) is 2.45. The Kier molecular flexibility index (Phi) is 28.3. The van der Waals surface area contributed by atoms with Gasteiger partial charge in [0.25, 0.3) is 0 Å². The van der Waals surface area contributed by atoms with Gasteiger partial charge in [-0.25, -0.2) is 0 Å². The Morgan fingerprint density at radius 1 is 0.625 bits per heavy atom. The second-order valence-electron chi connectivity index (χ2n) is 4.87. The first-order chi connectivity index (χ1) is 14.8.